The number of aromatic nitrogens is 6. The summed E-state index contributed by atoms with van der Waals surface area (Å²) < 4.78 is 64.7. The van der Waals surface area contributed by atoms with Crippen LogP contribution in [0.1, 0.15) is 37.3 Å². The fourth-order valence-electron chi connectivity index (χ4n) is 6.36. The Morgan fingerprint density at radius 1 is 1.05 bits per heavy atom. The third-order valence-electron chi connectivity index (χ3n) is 9.37. The van der Waals surface area contributed by atoms with Gasteiger partial charge in [-0.05, 0) is 30.0 Å². The Morgan fingerprint density at radius 2 is 1.79 bits per heavy atom. The number of phosphoric ester groups is 2. The number of fused-ring (bicyclic) bond motifs is 1. The predicted molar refractivity (Wildman–Crippen MR) is 210 cm³/mol. The number of carbonyl (C=O) groups is 2. The van der Waals surface area contributed by atoms with E-state index in [-0.39, 0.29) is 55.2 Å². The molecule has 0 aliphatic carbocycles. The largest absolute Gasteiger partial charge is 0.472 e. The van der Waals surface area contributed by atoms with E-state index in [4.69, 9.17) is 50.7 Å². The second-order valence-corrected chi connectivity index (χ2v) is 16.4. The van der Waals surface area contributed by atoms with E-state index >= 15 is 0 Å². The first-order valence-electron chi connectivity index (χ1n) is 18.5. The maximum absolute atomic E-state index is 13.4. The molecule has 5 heterocycles. The van der Waals surface area contributed by atoms with Gasteiger partial charge in [0.1, 0.15) is 61.0 Å². The number of anilines is 2. The van der Waals surface area contributed by atoms with Gasteiger partial charge in [-0.15, -0.1) is 0 Å². The average Bonchev–Trinajstić information content (AvgIpc) is 3.92. The third-order valence-corrected chi connectivity index (χ3v) is 10.9. The molecule has 29 nitrogen and oxygen atoms in total. The van der Waals surface area contributed by atoms with Crippen LogP contribution in [0.2, 0.25) is 0 Å². The van der Waals surface area contributed by atoms with Gasteiger partial charge in [-0.2, -0.15) is 4.98 Å². The lowest BCUT2D eigenvalue weighted by Crippen LogP contribution is -2.43. The molecule has 4 aromatic rings. The van der Waals surface area contributed by atoms with Crippen molar-refractivity contribution < 1.29 is 71.0 Å². The summed E-state index contributed by atoms with van der Waals surface area (Å²) in [4.78, 5) is 85.8. The Hall–Kier alpha value is -5.64. The monoisotopic (exact) mass is 925 g/mol. The lowest BCUT2D eigenvalue weighted by atomic mass is 10.1. The highest BCUT2D eigenvalue weighted by Gasteiger charge is 2.50. The van der Waals surface area contributed by atoms with Crippen molar-refractivity contribution in [3.05, 3.63) is 75.7 Å². The number of rotatable bonds is 19. The molecule has 11 N–H and O–H groups in total. The van der Waals surface area contributed by atoms with Crippen molar-refractivity contribution >= 4 is 56.2 Å². The fourth-order valence-corrected chi connectivity index (χ4v) is 7.67. The Kier molecular flexibility index (Phi) is 15.1. The number of aliphatic hydroxyl groups excluding tert-OH is 1. The van der Waals surface area contributed by atoms with Crippen LogP contribution in [0.4, 0.5) is 22.1 Å². The number of nitrogens with zero attached hydrogens (tertiary/aromatic N) is 9. The number of carbonyl (C=O) groups excluding carboxylic acids is 2. The van der Waals surface area contributed by atoms with Gasteiger partial charge in [0.05, 0.1) is 19.5 Å². The molecule has 3 aromatic heterocycles. The van der Waals surface area contributed by atoms with Gasteiger partial charge < -0.3 is 61.3 Å². The Morgan fingerprint density at radius 3 is 2.51 bits per heavy atom. The molecule has 1 amide bonds. The van der Waals surface area contributed by atoms with E-state index in [2.05, 4.69) is 39.8 Å². The lowest BCUT2D eigenvalue weighted by molar-refractivity contribution is -0.158. The van der Waals surface area contributed by atoms with Crippen LogP contribution < -0.4 is 28.2 Å². The van der Waals surface area contributed by atoms with Crippen molar-refractivity contribution in [2.45, 2.75) is 74.9 Å². The molecule has 0 spiro atoms. The summed E-state index contributed by atoms with van der Waals surface area (Å²) in [5, 5.41) is 17.5. The maximum Gasteiger partial charge on any atom is 0.472 e. The number of phosphoric acid groups is 2. The van der Waals surface area contributed by atoms with Gasteiger partial charge in [0.25, 0.3) is 0 Å². The first kappa shape index (κ1) is 46.9. The zero-order chi connectivity index (χ0) is 45.5. The number of hydrogen-bond donors (Lipinski definition) is 8. The second-order valence-electron chi connectivity index (χ2n) is 13.7. The van der Waals surface area contributed by atoms with Crippen LogP contribution >= 0.6 is 15.6 Å². The molecule has 6 rings (SSSR count). The molecule has 2 aliphatic rings. The van der Waals surface area contributed by atoms with Crippen molar-refractivity contribution in [3.63, 3.8) is 0 Å². The van der Waals surface area contributed by atoms with E-state index in [0.717, 1.165) is 10.9 Å². The number of ether oxygens (including phenoxy) is 4. The standard InChI is InChI=1S/C32H41N13O16P2/c33-18(2-1-8-37-32(49)55-11-16-3-5-17(6-4-16)42-43-36)30(47)60-26-21(59-29(25(26)46)45-15-40-24-27(35)38-14-39-28(24)45)13-57-63(53,54)61-19-10-23(44-9-7-22(34)41-31(44)48)58-20(19)12-56-62(50,51)52/h3-7,9,14-15,18-21,23,25-26,29,46H,1-2,8,10-13,33H2,(H,37,49)(H,53,54)(H2,34,41,48)(H2,35,38,39)(H2,50,51,52)/t18-,19+,20-,21?,23-,25?,26?,29?/m1/s1. The van der Waals surface area contributed by atoms with E-state index in [9.17, 15) is 43.3 Å². The number of aliphatic hydroxyl groups is 1. The minimum atomic E-state index is -5.21. The first-order valence-corrected chi connectivity index (χ1v) is 21.6. The molecule has 0 bridgehead atoms. The van der Waals surface area contributed by atoms with Crippen molar-refractivity contribution in [2.75, 3.05) is 31.2 Å². The normalized spacial score (nSPS) is 23.7. The minimum absolute atomic E-state index is 0.000424. The Balaban J connectivity index is 1.09. The first-order chi connectivity index (χ1) is 29.9. The van der Waals surface area contributed by atoms with E-state index in [1.54, 1.807) is 24.3 Å². The highest BCUT2D eigenvalue weighted by atomic mass is 31.2. The lowest BCUT2D eigenvalue weighted by Gasteiger charge is -2.24. The minimum Gasteiger partial charge on any atom is -0.455 e. The number of esters is 1. The van der Waals surface area contributed by atoms with E-state index in [0.29, 0.717) is 11.3 Å². The summed E-state index contributed by atoms with van der Waals surface area (Å²) in [5.41, 5.74) is 26.5. The van der Waals surface area contributed by atoms with E-state index in [1.807, 2.05) is 0 Å². The van der Waals surface area contributed by atoms with Crippen LogP contribution in [0.5, 0.6) is 0 Å². The van der Waals surface area contributed by atoms with Crippen molar-refractivity contribution in [1.82, 2.24) is 34.4 Å². The Bertz CT molecular complexity index is 2470. The van der Waals surface area contributed by atoms with Crippen LogP contribution in [0, 0.1) is 0 Å². The Labute approximate surface area is 353 Å². The molecule has 5 unspecified atom stereocenters. The summed E-state index contributed by atoms with van der Waals surface area (Å²) in [6.45, 7) is -1.77. The van der Waals surface area contributed by atoms with Gasteiger partial charge >= 0.3 is 33.4 Å². The number of amides is 1. The average molecular weight is 926 g/mol. The molecular weight excluding hydrogens is 884 g/mol. The molecule has 31 heteroatoms. The number of benzene rings is 1. The smallest absolute Gasteiger partial charge is 0.455 e. The van der Waals surface area contributed by atoms with Gasteiger partial charge in [-0.25, -0.2) is 33.7 Å². The maximum atomic E-state index is 13.4. The summed E-state index contributed by atoms with van der Waals surface area (Å²) in [6.07, 6.45) is -7.78. The molecule has 0 saturated carbocycles. The number of hydrogen-bond acceptors (Lipinski definition) is 21. The van der Waals surface area contributed by atoms with Gasteiger partial charge in [-0.1, -0.05) is 29.4 Å². The van der Waals surface area contributed by atoms with E-state index < -0.39 is 95.6 Å². The fraction of sp³-hybridized carbons (Fsp3) is 0.469. The number of nitrogens with two attached hydrogens (primary N) is 3. The van der Waals surface area contributed by atoms with Crippen molar-refractivity contribution in [2.24, 2.45) is 10.8 Å². The van der Waals surface area contributed by atoms with Crippen molar-refractivity contribution in [1.29, 1.82) is 0 Å². The molecular formula is C32H41N13O16P2. The molecule has 340 valence electrons. The predicted octanol–water partition coefficient (Wildman–Crippen LogP) is 0.292. The van der Waals surface area contributed by atoms with Gasteiger partial charge in [0.15, 0.2) is 23.8 Å². The third kappa shape index (κ3) is 12.3. The van der Waals surface area contributed by atoms with Crippen LogP contribution in [-0.4, -0.2) is 117 Å². The van der Waals surface area contributed by atoms with Crippen LogP contribution in [0.15, 0.2) is 59.1 Å². The number of imidazole rings is 1. The van der Waals surface area contributed by atoms with Gasteiger partial charge in [0.2, 0.25) is 0 Å². The molecule has 2 saturated heterocycles. The molecule has 9 atom stereocenters. The SMILES string of the molecule is [N-]=[N+]=Nc1ccc(COC(=O)NCCC[C@@H](N)C(=O)OC2C(COP(=O)(O)O[C@H]3C[C@H](n4ccc(N)nc4=O)O[C@@H]3COP(=O)(O)O)OC(n3cnc4c(N)ncnc43)C2O)cc1. The van der Waals surface area contributed by atoms with Crippen molar-refractivity contribution in [3.8, 4) is 0 Å². The highest BCUT2D eigenvalue weighted by molar-refractivity contribution is 7.47. The summed E-state index contributed by atoms with van der Waals surface area (Å²) in [7, 11) is -10.3. The van der Waals surface area contributed by atoms with Gasteiger partial charge in [-0.3, -0.25) is 27.5 Å². The highest BCUT2D eigenvalue weighted by Crippen LogP contribution is 2.50. The zero-order valence-electron chi connectivity index (χ0n) is 32.5. The molecule has 2 aliphatic heterocycles. The summed E-state index contributed by atoms with van der Waals surface area (Å²) >= 11 is 0. The number of azide groups is 1. The number of nitrogen functional groups attached to an aromatic ring is 2. The van der Waals surface area contributed by atoms with Gasteiger partial charge in [0, 0.05) is 29.8 Å². The topological polar surface area (TPSA) is 431 Å². The quantitative estimate of drug-likeness (QED) is 0.0156. The number of nitrogens with one attached hydrogen (secondary N) is 1. The van der Waals surface area contributed by atoms with E-state index in [1.165, 1.54) is 23.2 Å². The van der Waals surface area contributed by atoms with Crippen LogP contribution in [-0.2, 0) is 53.1 Å². The molecule has 63 heavy (non-hydrogen) atoms. The van der Waals surface area contributed by atoms with Crippen LogP contribution in [0.3, 0.4) is 0 Å². The second kappa shape index (κ2) is 20.2. The summed E-state index contributed by atoms with van der Waals surface area (Å²) in [5.74, 6) is -1.14. The summed E-state index contributed by atoms with van der Waals surface area (Å²) in [6, 6.07) is 6.31. The number of alkyl carbamates (subject to hydrolysis) is 1. The zero-order valence-corrected chi connectivity index (χ0v) is 34.3. The molecule has 1 aromatic carbocycles. The molecule has 0 radical (unpaired) electrons. The van der Waals surface area contributed by atoms with Crippen LogP contribution in [0.25, 0.3) is 21.6 Å². The molecule has 2 fully saturated rings.